The Morgan fingerprint density at radius 3 is 1.88 bits per heavy atom. The minimum absolute atomic E-state index is 0.0490. The first kappa shape index (κ1) is 32.6. The Kier molecular flexibility index (Phi) is 8.02. The van der Waals surface area contributed by atoms with E-state index >= 15 is 0 Å². The second-order valence-corrected chi connectivity index (χ2v) is 17.1. The molecule has 8 rings (SSSR count). The molecule has 1 aliphatic carbocycles. The van der Waals surface area contributed by atoms with Gasteiger partial charge in [-0.1, -0.05) is 185 Å². The van der Waals surface area contributed by atoms with Crippen LogP contribution in [0.5, 0.6) is 0 Å². The van der Waals surface area contributed by atoms with Gasteiger partial charge in [0, 0.05) is 0 Å². The molecule has 0 N–H and O–H groups in total. The summed E-state index contributed by atoms with van der Waals surface area (Å²) in [5.41, 5.74) is 23.2. The van der Waals surface area contributed by atoms with Gasteiger partial charge in [-0.15, -0.1) is 0 Å². The van der Waals surface area contributed by atoms with Gasteiger partial charge in [-0.05, 0) is 110 Å². The molecular weight excluding hydrogens is 599 g/mol. The monoisotopic (exact) mass is 648 g/mol. The van der Waals surface area contributed by atoms with Crippen molar-refractivity contribution in [2.45, 2.75) is 85.0 Å². The Hall–Kier alpha value is -4.62. The predicted molar refractivity (Wildman–Crippen MR) is 216 cm³/mol. The number of fused-ring (bicyclic) bond motifs is 5. The van der Waals surface area contributed by atoms with Gasteiger partial charge in [0.25, 0.3) is 0 Å². The van der Waals surface area contributed by atoms with Crippen molar-refractivity contribution in [3.63, 3.8) is 0 Å². The first-order valence-electron chi connectivity index (χ1n) is 18.6. The van der Waals surface area contributed by atoms with E-state index in [9.17, 15) is 0 Å². The van der Waals surface area contributed by atoms with Gasteiger partial charge in [-0.25, -0.2) is 0 Å². The van der Waals surface area contributed by atoms with Crippen LogP contribution in [0.3, 0.4) is 0 Å². The molecule has 6 aromatic rings. The van der Waals surface area contributed by atoms with E-state index in [4.69, 9.17) is 0 Å². The van der Waals surface area contributed by atoms with Gasteiger partial charge in [-0.3, -0.25) is 0 Å². The van der Waals surface area contributed by atoms with Crippen molar-refractivity contribution in [1.29, 1.82) is 0 Å². The summed E-state index contributed by atoms with van der Waals surface area (Å²) >= 11 is 0. The number of benzene rings is 6. The molecule has 0 saturated carbocycles. The van der Waals surface area contributed by atoms with Gasteiger partial charge in [0.15, 0.2) is 0 Å². The summed E-state index contributed by atoms with van der Waals surface area (Å²) in [6.07, 6.45) is 3.89. The predicted octanol–water partition coefficient (Wildman–Crippen LogP) is 9.76. The van der Waals surface area contributed by atoms with Crippen molar-refractivity contribution in [1.82, 2.24) is 0 Å². The van der Waals surface area contributed by atoms with Crippen molar-refractivity contribution >= 4 is 23.1 Å². The molecule has 1 heteroatoms. The van der Waals surface area contributed by atoms with E-state index in [2.05, 4.69) is 170 Å². The highest BCUT2D eigenvalue weighted by Crippen LogP contribution is 2.38. The van der Waals surface area contributed by atoms with Crippen LogP contribution in [0.2, 0.25) is 0 Å². The number of hydrogen-bond acceptors (Lipinski definition) is 0. The van der Waals surface area contributed by atoms with E-state index in [0.717, 1.165) is 25.7 Å². The van der Waals surface area contributed by atoms with Crippen molar-refractivity contribution in [3.05, 3.63) is 183 Å². The SMILES string of the molecule is Cc1cc(Cc2ccccc2)cc2c1B(c1cc(C(C)(C)C)ccc1Cc1ccc(C(C)(C)C)cc1)c1cc3c(cc1C2)Cc1ccccc1-3. The molecule has 248 valence electrons. The Morgan fingerprint density at radius 2 is 1.14 bits per heavy atom. The van der Waals surface area contributed by atoms with Gasteiger partial charge in [0.05, 0.1) is 0 Å². The minimum atomic E-state index is 0.0490. The van der Waals surface area contributed by atoms with Crippen LogP contribution in [0.25, 0.3) is 11.1 Å². The van der Waals surface area contributed by atoms with Crippen LogP contribution in [0.1, 0.15) is 103 Å². The highest BCUT2D eigenvalue weighted by atomic mass is 14.3. The fourth-order valence-corrected chi connectivity index (χ4v) is 8.64. The molecule has 50 heavy (non-hydrogen) atoms. The smallest absolute Gasteiger partial charge is 0.0649 e. The fraction of sp³-hybridized carbons (Fsp3) is 0.265. The molecule has 0 fully saturated rings. The van der Waals surface area contributed by atoms with Crippen LogP contribution in [-0.4, -0.2) is 6.71 Å². The Bertz CT molecular complexity index is 2220. The molecular formula is C49H49B. The summed E-state index contributed by atoms with van der Waals surface area (Å²) in [7, 11) is 0. The molecule has 0 nitrogen and oxygen atoms in total. The Balaban J connectivity index is 1.33. The van der Waals surface area contributed by atoms with Crippen LogP contribution < -0.4 is 16.4 Å². The van der Waals surface area contributed by atoms with Crippen LogP contribution in [0, 0.1) is 6.92 Å². The molecule has 0 radical (unpaired) electrons. The normalized spacial score (nSPS) is 13.5. The maximum absolute atomic E-state index is 2.59. The first-order chi connectivity index (χ1) is 23.9. The zero-order valence-corrected chi connectivity index (χ0v) is 31.0. The summed E-state index contributed by atoms with van der Waals surface area (Å²) < 4.78 is 0. The lowest BCUT2D eigenvalue weighted by Crippen LogP contribution is -2.59. The lowest BCUT2D eigenvalue weighted by atomic mass is 9.32. The van der Waals surface area contributed by atoms with E-state index in [1.54, 1.807) is 0 Å². The molecule has 0 bridgehead atoms. The summed E-state index contributed by atoms with van der Waals surface area (Å²) in [5.74, 6) is 0. The van der Waals surface area contributed by atoms with Crippen molar-refractivity contribution in [3.8, 4) is 11.1 Å². The quantitative estimate of drug-likeness (QED) is 0.163. The van der Waals surface area contributed by atoms with Crippen molar-refractivity contribution in [2.75, 3.05) is 0 Å². The Labute approximate surface area is 300 Å². The van der Waals surface area contributed by atoms with Gasteiger partial charge in [0.2, 0.25) is 6.71 Å². The summed E-state index contributed by atoms with van der Waals surface area (Å²) in [6, 6.07) is 46.9. The van der Waals surface area contributed by atoms with Crippen LogP contribution in [0.4, 0.5) is 0 Å². The van der Waals surface area contributed by atoms with Crippen LogP contribution in [0.15, 0.2) is 121 Å². The topological polar surface area (TPSA) is 0 Å². The average Bonchev–Trinajstić information content (AvgIpc) is 3.44. The summed E-state index contributed by atoms with van der Waals surface area (Å²) in [6.45, 7) is 16.5. The van der Waals surface area contributed by atoms with E-state index in [1.165, 1.54) is 88.7 Å². The van der Waals surface area contributed by atoms with Crippen molar-refractivity contribution in [2.24, 2.45) is 0 Å². The maximum Gasteiger partial charge on any atom is 0.242 e. The zero-order chi connectivity index (χ0) is 34.8. The number of rotatable bonds is 5. The molecule has 0 amide bonds. The molecule has 0 atom stereocenters. The van der Waals surface area contributed by atoms with E-state index in [0.29, 0.717) is 0 Å². The lowest BCUT2D eigenvalue weighted by molar-refractivity contribution is 0.590. The second kappa shape index (κ2) is 12.3. The number of aryl methyl sites for hydroxylation is 1. The first-order valence-corrected chi connectivity index (χ1v) is 18.6. The highest BCUT2D eigenvalue weighted by Gasteiger charge is 2.36. The third-order valence-electron chi connectivity index (χ3n) is 11.4. The lowest BCUT2D eigenvalue weighted by Gasteiger charge is -2.32. The summed E-state index contributed by atoms with van der Waals surface area (Å²) in [4.78, 5) is 0. The van der Waals surface area contributed by atoms with Crippen molar-refractivity contribution < 1.29 is 0 Å². The molecule has 1 heterocycles. The fourth-order valence-electron chi connectivity index (χ4n) is 8.64. The zero-order valence-electron chi connectivity index (χ0n) is 31.0. The molecule has 0 spiro atoms. The van der Waals surface area contributed by atoms with E-state index in [1.807, 2.05) is 0 Å². The molecule has 0 unspecified atom stereocenters. The average molecular weight is 649 g/mol. The molecule has 6 aromatic carbocycles. The third kappa shape index (κ3) is 6.06. The molecule has 0 aromatic heterocycles. The van der Waals surface area contributed by atoms with E-state index in [-0.39, 0.29) is 17.5 Å². The van der Waals surface area contributed by atoms with Gasteiger partial charge in [-0.2, -0.15) is 0 Å². The maximum atomic E-state index is 2.59. The van der Waals surface area contributed by atoms with Gasteiger partial charge < -0.3 is 0 Å². The standard InChI is InChI=1S/C49H49B/c1-32-23-35(24-33-13-9-8-10-14-33)26-40-29-39-28-38-27-36-15-11-12-16-43(36)44(38)31-46(39)50(47(32)40)45-30-42(49(5,6)7)22-19-37(45)25-34-17-20-41(21-18-34)48(2,3)4/h8-23,26,28,30-31H,24-25,27,29H2,1-7H3. The largest absolute Gasteiger partial charge is 0.242 e. The number of hydrogen-bond donors (Lipinski definition) is 0. The highest BCUT2D eigenvalue weighted by molar-refractivity contribution is 6.97. The van der Waals surface area contributed by atoms with Crippen LogP contribution >= 0.6 is 0 Å². The second-order valence-electron chi connectivity index (χ2n) is 17.1. The Morgan fingerprint density at radius 1 is 0.480 bits per heavy atom. The molecule has 0 saturated heterocycles. The third-order valence-corrected chi connectivity index (χ3v) is 11.4. The van der Waals surface area contributed by atoms with Crippen LogP contribution in [-0.2, 0) is 36.5 Å². The van der Waals surface area contributed by atoms with E-state index < -0.39 is 0 Å². The minimum Gasteiger partial charge on any atom is -0.0649 e. The molecule has 2 aliphatic rings. The summed E-state index contributed by atoms with van der Waals surface area (Å²) in [5, 5.41) is 0. The molecule has 1 aliphatic heterocycles. The van der Waals surface area contributed by atoms with Gasteiger partial charge in [0.1, 0.15) is 0 Å². The van der Waals surface area contributed by atoms with Gasteiger partial charge >= 0.3 is 0 Å².